The van der Waals surface area contributed by atoms with Crippen LogP contribution in [-0.4, -0.2) is 5.78 Å². The summed E-state index contributed by atoms with van der Waals surface area (Å²) in [4.78, 5) is 12.6. The second-order valence-corrected chi connectivity index (χ2v) is 8.66. The minimum absolute atomic E-state index is 0.348. The van der Waals surface area contributed by atoms with Gasteiger partial charge in [0.25, 0.3) is 0 Å². The molecular weight excluding hydrogens is 340 g/mol. The van der Waals surface area contributed by atoms with Crippen LogP contribution in [-0.2, 0) is 11.2 Å². The quantitative estimate of drug-likeness (QED) is 0.502. The average molecular weight is 371 g/mol. The van der Waals surface area contributed by atoms with Crippen LogP contribution in [0.3, 0.4) is 0 Å². The molecule has 0 amide bonds. The zero-order valence-electron chi connectivity index (χ0n) is 17.0. The molecule has 0 N–H and O–H groups in total. The van der Waals surface area contributed by atoms with E-state index in [0.29, 0.717) is 30.5 Å². The Morgan fingerprint density at radius 2 is 1.68 bits per heavy atom. The highest BCUT2D eigenvalue weighted by Crippen LogP contribution is 2.50. The molecule has 0 bridgehead atoms. The van der Waals surface area contributed by atoms with Crippen molar-refractivity contribution in [2.75, 3.05) is 0 Å². The van der Waals surface area contributed by atoms with Crippen molar-refractivity contribution in [2.45, 2.75) is 51.9 Å². The third-order valence-corrected chi connectivity index (χ3v) is 6.15. The molecule has 0 heterocycles. The van der Waals surface area contributed by atoms with Gasteiger partial charge in [-0.1, -0.05) is 86.2 Å². The summed E-state index contributed by atoms with van der Waals surface area (Å²) in [5.41, 5.74) is 6.72. The molecule has 0 aliphatic heterocycles. The van der Waals surface area contributed by atoms with Gasteiger partial charge >= 0.3 is 0 Å². The smallest absolute Gasteiger partial charge is 0.137 e. The first-order valence-electron chi connectivity index (χ1n) is 10.7. The van der Waals surface area contributed by atoms with E-state index in [2.05, 4.69) is 80.6 Å². The van der Waals surface area contributed by atoms with Crippen molar-refractivity contribution in [3.8, 4) is 0 Å². The first-order valence-corrected chi connectivity index (χ1v) is 10.7. The van der Waals surface area contributed by atoms with Crippen LogP contribution in [0, 0.1) is 11.8 Å². The molecule has 2 aromatic rings. The van der Waals surface area contributed by atoms with Gasteiger partial charge in [-0.25, -0.2) is 0 Å². The second kappa shape index (κ2) is 8.31. The number of allylic oxidation sites excluding steroid dienone is 4. The molecule has 28 heavy (non-hydrogen) atoms. The predicted molar refractivity (Wildman–Crippen MR) is 117 cm³/mol. The summed E-state index contributed by atoms with van der Waals surface area (Å²) in [6.07, 6.45) is 9.33. The predicted octanol–water partition coefficient (Wildman–Crippen LogP) is 6.75. The molecule has 2 aromatic carbocycles. The molecular formula is C27H30O. The van der Waals surface area contributed by atoms with Gasteiger partial charge in [-0.3, -0.25) is 4.79 Å². The minimum Gasteiger partial charge on any atom is -0.299 e. The van der Waals surface area contributed by atoms with E-state index in [1.807, 2.05) is 0 Å². The number of hydrogen-bond acceptors (Lipinski definition) is 1. The Kier molecular flexibility index (Phi) is 5.62. The molecule has 0 spiro atoms. The third kappa shape index (κ3) is 4.35. The second-order valence-electron chi connectivity index (χ2n) is 8.66. The van der Waals surface area contributed by atoms with Crippen LogP contribution in [0.15, 0.2) is 72.3 Å². The van der Waals surface area contributed by atoms with Crippen molar-refractivity contribution in [3.05, 3.63) is 89.0 Å². The normalized spacial score (nSPS) is 18.9. The maximum absolute atomic E-state index is 12.6. The van der Waals surface area contributed by atoms with E-state index in [1.54, 1.807) is 0 Å². The summed E-state index contributed by atoms with van der Waals surface area (Å²) < 4.78 is 0. The van der Waals surface area contributed by atoms with E-state index in [-0.39, 0.29) is 0 Å². The molecule has 0 radical (unpaired) electrons. The topological polar surface area (TPSA) is 17.1 Å². The van der Waals surface area contributed by atoms with E-state index in [9.17, 15) is 4.79 Å². The lowest BCUT2D eigenvalue weighted by molar-refractivity contribution is -0.118. The Morgan fingerprint density at radius 1 is 0.964 bits per heavy atom. The Hall–Kier alpha value is -2.41. The standard InChI is InChI=1S/C27H30O/c1-19(2)21-10-8-20(9-11-21)18-25(28)16-14-24-15-17-26(27(24)23-12-13-23)22-6-4-3-5-7-22/h3-11,15,17,19,23,27H,12-14,16,18H2,1-2H3. The number of benzene rings is 2. The summed E-state index contributed by atoms with van der Waals surface area (Å²) in [6.45, 7) is 4.40. The van der Waals surface area contributed by atoms with Gasteiger partial charge in [-0.2, -0.15) is 0 Å². The molecule has 1 fully saturated rings. The zero-order valence-corrected chi connectivity index (χ0v) is 17.0. The molecule has 2 aliphatic carbocycles. The minimum atomic E-state index is 0.348. The number of carbonyl (C=O) groups excluding carboxylic acids is 1. The molecule has 1 atom stereocenters. The highest BCUT2D eigenvalue weighted by atomic mass is 16.1. The van der Waals surface area contributed by atoms with E-state index >= 15 is 0 Å². The monoisotopic (exact) mass is 370 g/mol. The van der Waals surface area contributed by atoms with Crippen LogP contribution in [0.2, 0.25) is 0 Å². The first-order chi connectivity index (χ1) is 13.6. The molecule has 4 rings (SSSR count). The largest absolute Gasteiger partial charge is 0.299 e. The van der Waals surface area contributed by atoms with Crippen LogP contribution < -0.4 is 0 Å². The average Bonchev–Trinajstić information content (AvgIpc) is 3.46. The van der Waals surface area contributed by atoms with Crippen molar-refractivity contribution >= 4 is 11.4 Å². The molecule has 0 aromatic heterocycles. The highest BCUT2D eigenvalue weighted by molar-refractivity contribution is 5.82. The molecule has 1 saturated carbocycles. The van der Waals surface area contributed by atoms with Gasteiger partial charge in [0, 0.05) is 18.8 Å². The van der Waals surface area contributed by atoms with Crippen LogP contribution in [0.25, 0.3) is 5.57 Å². The zero-order chi connectivity index (χ0) is 19.5. The number of rotatable bonds is 8. The number of Topliss-reactive ketones (excluding diaryl/α,β-unsaturated/α-hetero) is 1. The van der Waals surface area contributed by atoms with Gasteiger partial charge in [0.05, 0.1) is 0 Å². The van der Waals surface area contributed by atoms with Gasteiger partial charge in [-0.15, -0.1) is 0 Å². The van der Waals surface area contributed by atoms with Crippen LogP contribution in [0.5, 0.6) is 0 Å². The van der Waals surface area contributed by atoms with Crippen molar-refractivity contribution in [1.29, 1.82) is 0 Å². The molecule has 1 nitrogen and oxygen atoms in total. The fourth-order valence-electron chi connectivity index (χ4n) is 4.36. The lowest BCUT2D eigenvalue weighted by atomic mass is 9.84. The Balaban J connectivity index is 1.35. The van der Waals surface area contributed by atoms with Gasteiger partial charge in [-0.05, 0) is 53.4 Å². The van der Waals surface area contributed by atoms with Crippen LogP contribution >= 0.6 is 0 Å². The Labute approximate surface area is 169 Å². The SMILES string of the molecule is CC(C)c1ccc(CC(=O)CCC2=CC=C(c3ccccc3)C2C2CC2)cc1. The third-order valence-electron chi connectivity index (χ3n) is 6.15. The van der Waals surface area contributed by atoms with Gasteiger partial charge in [0.1, 0.15) is 5.78 Å². The molecule has 1 heteroatoms. The lowest BCUT2D eigenvalue weighted by Crippen LogP contribution is -2.09. The Morgan fingerprint density at radius 3 is 2.32 bits per heavy atom. The highest BCUT2D eigenvalue weighted by Gasteiger charge is 2.37. The van der Waals surface area contributed by atoms with Crippen molar-refractivity contribution in [3.63, 3.8) is 0 Å². The van der Waals surface area contributed by atoms with Crippen molar-refractivity contribution < 1.29 is 4.79 Å². The fraction of sp³-hybridized carbons (Fsp3) is 0.370. The van der Waals surface area contributed by atoms with Crippen LogP contribution in [0.1, 0.15) is 62.1 Å². The van der Waals surface area contributed by atoms with Crippen LogP contribution in [0.4, 0.5) is 0 Å². The lowest BCUT2D eigenvalue weighted by Gasteiger charge is -2.19. The van der Waals surface area contributed by atoms with Gasteiger partial charge < -0.3 is 0 Å². The fourth-order valence-corrected chi connectivity index (χ4v) is 4.36. The number of carbonyl (C=O) groups is 1. The summed E-state index contributed by atoms with van der Waals surface area (Å²) in [7, 11) is 0. The maximum Gasteiger partial charge on any atom is 0.137 e. The molecule has 2 aliphatic rings. The van der Waals surface area contributed by atoms with Gasteiger partial charge in [0.15, 0.2) is 0 Å². The van der Waals surface area contributed by atoms with Crippen molar-refractivity contribution in [2.24, 2.45) is 11.8 Å². The maximum atomic E-state index is 12.6. The van der Waals surface area contributed by atoms with Crippen molar-refractivity contribution in [1.82, 2.24) is 0 Å². The summed E-state index contributed by atoms with van der Waals surface area (Å²) in [5, 5.41) is 0. The van der Waals surface area contributed by atoms with E-state index in [0.717, 1.165) is 17.9 Å². The molecule has 1 unspecified atom stereocenters. The number of ketones is 1. The summed E-state index contributed by atoms with van der Waals surface area (Å²) in [6, 6.07) is 19.3. The number of hydrogen-bond donors (Lipinski definition) is 0. The summed E-state index contributed by atoms with van der Waals surface area (Å²) >= 11 is 0. The first kappa shape index (κ1) is 18.9. The Bertz CT molecular complexity index is 880. The van der Waals surface area contributed by atoms with E-state index < -0.39 is 0 Å². The molecule has 0 saturated heterocycles. The van der Waals surface area contributed by atoms with Gasteiger partial charge in [0.2, 0.25) is 0 Å². The van der Waals surface area contributed by atoms with E-state index in [1.165, 1.54) is 35.1 Å². The summed E-state index contributed by atoms with van der Waals surface area (Å²) in [5.74, 6) is 2.19. The molecule has 144 valence electrons. The van der Waals surface area contributed by atoms with E-state index in [4.69, 9.17) is 0 Å².